The number of hydrogen-bond donors (Lipinski definition) is 0. The molecule has 0 unspecified atom stereocenters. The number of methoxy groups -OCH3 is 2. The van der Waals surface area contributed by atoms with Crippen LogP contribution in [0.25, 0.3) is 16.5 Å². The summed E-state index contributed by atoms with van der Waals surface area (Å²) in [5.41, 5.74) is 2.26. The average molecular weight is 379 g/mol. The lowest BCUT2D eigenvalue weighted by molar-refractivity contribution is -0.125. The van der Waals surface area contributed by atoms with Crippen molar-refractivity contribution < 1.29 is 18.7 Å². The molecule has 5 nitrogen and oxygen atoms in total. The van der Waals surface area contributed by atoms with E-state index in [1.165, 1.54) is 0 Å². The molecular formula is C23H25NO4. The van der Waals surface area contributed by atoms with Crippen molar-refractivity contribution >= 4 is 22.4 Å². The number of rotatable bonds is 7. The van der Waals surface area contributed by atoms with Crippen LogP contribution in [0.5, 0.6) is 11.5 Å². The SMILES string of the molecule is CCN(CC)C(=O)/C=C(/c1ccc(OC)cc1)c1cc2cccc(OC)c2o1. The summed E-state index contributed by atoms with van der Waals surface area (Å²) >= 11 is 0. The van der Waals surface area contributed by atoms with Crippen molar-refractivity contribution in [3.63, 3.8) is 0 Å². The molecule has 3 rings (SSSR count). The fourth-order valence-electron chi connectivity index (χ4n) is 3.15. The van der Waals surface area contributed by atoms with Crippen molar-refractivity contribution in [2.45, 2.75) is 13.8 Å². The Morgan fingerprint density at radius 1 is 1.04 bits per heavy atom. The van der Waals surface area contributed by atoms with Crippen molar-refractivity contribution in [3.05, 3.63) is 65.9 Å². The van der Waals surface area contributed by atoms with E-state index in [0.29, 0.717) is 30.2 Å². The number of hydrogen-bond acceptors (Lipinski definition) is 4. The Kier molecular flexibility index (Phi) is 6.04. The number of fused-ring (bicyclic) bond motifs is 1. The standard InChI is InChI=1S/C23H25NO4/c1-5-24(6-2)22(25)15-19(16-10-12-18(26-3)13-11-16)21-14-17-8-7-9-20(27-4)23(17)28-21/h7-15H,5-6H2,1-4H3/b19-15-. The van der Waals surface area contributed by atoms with Crippen LogP contribution in [0, 0.1) is 0 Å². The first-order chi connectivity index (χ1) is 13.6. The molecule has 0 spiro atoms. The van der Waals surface area contributed by atoms with Gasteiger partial charge in [0.05, 0.1) is 14.2 Å². The highest BCUT2D eigenvalue weighted by molar-refractivity contribution is 6.00. The molecule has 0 N–H and O–H groups in total. The maximum absolute atomic E-state index is 12.8. The molecule has 0 saturated carbocycles. The molecule has 1 aromatic heterocycles. The van der Waals surface area contributed by atoms with Gasteiger partial charge in [0.25, 0.3) is 0 Å². The zero-order valence-electron chi connectivity index (χ0n) is 16.7. The van der Waals surface area contributed by atoms with Crippen molar-refractivity contribution in [1.82, 2.24) is 4.90 Å². The average Bonchev–Trinajstić information content (AvgIpc) is 3.17. The Hall–Kier alpha value is -3.21. The first-order valence-corrected chi connectivity index (χ1v) is 9.33. The van der Waals surface area contributed by atoms with E-state index in [1.54, 1.807) is 25.2 Å². The number of likely N-dealkylation sites (N-methyl/N-ethyl adjacent to an activating group) is 1. The third-order valence-corrected chi connectivity index (χ3v) is 4.74. The molecule has 5 heteroatoms. The van der Waals surface area contributed by atoms with Crippen LogP contribution in [0.2, 0.25) is 0 Å². The Bertz CT molecular complexity index is 982. The lowest BCUT2D eigenvalue weighted by atomic mass is 10.0. The second-order valence-corrected chi connectivity index (χ2v) is 6.29. The molecule has 28 heavy (non-hydrogen) atoms. The Morgan fingerprint density at radius 3 is 2.36 bits per heavy atom. The van der Waals surface area contributed by atoms with Crippen molar-refractivity contribution in [1.29, 1.82) is 0 Å². The maximum Gasteiger partial charge on any atom is 0.247 e. The molecule has 0 aliphatic rings. The fraction of sp³-hybridized carbons (Fsp3) is 0.261. The van der Waals surface area contributed by atoms with E-state index in [9.17, 15) is 4.79 Å². The van der Waals surface area contributed by atoms with Gasteiger partial charge in [0.15, 0.2) is 11.3 Å². The van der Waals surface area contributed by atoms with Gasteiger partial charge in [-0.1, -0.05) is 24.3 Å². The summed E-state index contributed by atoms with van der Waals surface area (Å²) in [4.78, 5) is 14.6. The minimum absolute atomic E-state index is 0.0526. The molecule has 0 fully saturated rings. The Balaban J connectivity index is 2.14. The van der Waals surface area contributed by atoms with Gasteiger partial charge in [-0.3, -0.25) is 4.79 Å². The van der Waals surface area contributed by atoms with Gasteiger partial charge in [-0.05, 0) is 43.7 Å². The first-order valence-electron chi connectivity index (χ1n) is 9.33. The molecule has 2 aromatic carbocycles. The molecule has 1 amide bonds. The zero-order chi connectivity index (χ0) is 20.1. The number of carbonyl (C=O) groups is 1. The predicted molar refractivity (Wildman–Crippen MR) is 111 cm³/mol. The van der Waals surface area contributed by atoms with Crippen molar-refractivity contribution in [2.24, 2.45) is 0 Å². The van der Waals surface area contributed by atoms with Crippen LogP contribution in [-0.2, 0) is 4.79 Å². The van der Waals surface area contributed by atoms with E-state index < -0.39 is 0 Å². The van der Waals surface area contributed by atoms with Gasteiger partial charge in [0.1, 0.15) is 11.5 Å². The van der Waals surface area contributed by atoms with E-state index in [-0.39, 0.29) is 5.91 Å². The summed E-state index contributed by atoms with van der Waals surface area (Å²) in [6.07, 6.45) is 1.64. The number of para-hydroxylation sites is 1. The number of furan rings is 1. The second kappa shape index (κ2) is 8.65. The maximum atomic E-state index is 12.8. The van der Waals surface area contributed by atoms with Crippen LogP contribution in [0.1, 0.15) is 25.2 Å². The van der Waals surface area contributed by atoms with Gasteiger partial charge < -0.3 is 18.8 Å². The quantitative estimate of drug-likeness (QED) is 0.556. The minimum Gasteiger partial charge on any atom is -0.497 e. The van der Waals surface area contributed by atoms with E-state index in [0.717, 1.165) is 22.3 Å². The van der Waals surface area contributed by atoms with Crippen LogP contribution in [0.15, 0.2) is 59.0 Å². The van der Waals surface area contributed by atoms with Crippen LogP contribution >= 0.6 is 0 Å². The number of carbonyl (C=O) groups excluding carboxylic acids is 1. The van der Waals surface area contributed by atoms with Crippen LogP contribution in [-0.4, -0.2) is 38.1 Å². The molecule has 146 valence electrons. The van der Waals surface area contributed by atoms with Gasteiger partial charge in [-0.15, -0.1) is 0 Å². The van der Waals surface area contributed by atoms with Gasteiger partial charge >= 0.3 is 0 Å². The smallest absolute Gasteiger partial charge is 0.247 e. The van der Waals surface area contributed by atoms with E-state index >= 15 is 0 Å². The zero-order valence-corrected chi connectivity index (χ0v) is 16.7. The summed E-state index contributed by atoms with van der Waals surface area (Å²) < 4.78 is 16.8. The lowest BCUT2D eigenvalue weighted by Gasteiger charge is -2.17. The van der Waals surface area contributed by atoms with E-state index in [1.807, 2.05) is 62.4 Å². The molecule has 0 radical (unpaired) electrons. The minimum atomic E-state index is -0.0526. The van der Waals surface area contributed by atoms with Gasteiger partial charge in [0.2, 0.25) is 5.91 Å². The van der Waals surface area contributed by atoms with Crippen molar-refractivity contribution in [2.75, 3.05) is 27.3 Å². The topological polar surface area (TPSA) is 51.9 Å². The number of amides is 1. The lowest BCUT2D eigenvalue weighted by Crippen LogP contribution is -2.29. The summed E-state index contributed by atoms with van der Waals surface area (Å²) in [5.74, 6) is 1.98. The molecule has 0 atom stereocenters. The molecule has 1 heterocycles. The molecule has 0 aliphatic carbocycles. The highest BCUT2D eigenvalue weighted by Crippen LogP contribution is 2.34. The molecule has 0 saturated heterocycles. The predicted octanol–water partition coefficient (Wildman–Crippen LogP) is 4.75. The molecular weight excluding hydrogens is 354 g/mol. The number of ether oxygens (including phenoxy) is 2. The van der Waals surface area contributed by atoms with E-state index in [2.05, 4.69) is 0 Å². The Labute approximate surface area is 165 Å². The van der Waals surface area contributed by atoms with Gasteiger partial charge in [-0.25, -0.2) is 0 Å². The van der Waals surface area contributed by atoms with Crippen LogP contribution in [0.3, 0.4) is 0 Å². The fourth-order valence-corrected chi connectivity index (χ4v) is 3.15. The molecule has 0 bridgehead atoms. The number of nitrogens with zero attached hydrogens (tertiary/aromatic N) is 1. The van der Waals surface area contributed by atoms with E-state index in [4.69, 9.17) is 13.9 Å². The first kappa shape index (κ1) is 19.5. The third-order valence-electron chi connectivity index (χ3n) is 4.74. The van der Waals surface area contributed by atoms with Crippen LogP contribution in [0.4, 0.5) is 0 Å². The summed E-state index contributed by atoms with van der Waals surface area (Å²) in [6.45, 7) is 5.23. The Morgan fingerprint density at radius 2 is 1.75 bits per heavy atom. The van der Waals surface area contributed by atoms with Gasteiger partial charge in [0, 0.05) is 30.1 Å². The number of benzene rings is 2. The second-order valence-electron chi connectivity index (χ2n) is 6.29. The monoisotopic (exact) mass is 379 g/mol. The summed E-state index contributed by atoms with van der Waals surface area (Å²) in [5, 5.41) is 0.920. The van der Waals surface area contributed by atoms with Crippen molar-refractivity contribution in [3.8, 4) is 11.5 Å². The summed E-state index contributed by atoms with van der Waals surface area (Å²) in [6, 6.07) is 15.2. The highest BCUT2D eigenvalue weighted by Gasteiger charge is 2.17. The van der Waals surface area contributed by atoms with Gasteiger partial charge in [-0.2, -0.15) is 0 Å². The largest absolute Gasteiger partial charge is 0.497 e. The molecule has 0 aliphatic heterocycles. The normalized spacial score (nSPS) is 11.5. The van der Waals surface area contributed by atoms with Crippen LogP contribution < -0.4 is 9.47 Å². The summed E-state index contributed by atoms with van der Waals surface area (Å²) in [7, 11) is 3.24. The highest BCUT2D eigenvalue weighted by atomic mass is 16.5. The molecule has 3 aromatic rings. The third kappa shape index (κ3) is 3.88.